The summed E-state index contributed by atoms with van der Waals surface area (Å²) in [4.78, 5) is 23.7. The smallest absolute Gasteiger partial charge is 0.229 e. The Bertz CT molecular complexity index is 205. The van der Waals surface area contributed by atoms with Crippen molar-refractivity contribution in [2.45, 2.75) is 19.3 Å². The molecule has 1 rings (SSSR count). The van der Waals surface area contributed by atoms with Crippen LogP contribution >= 0.6 is 11.8 Å². The number of likely N-dealkylation sites (tertiary alicyclic amines) is 1. The number of carbonyl (C=O) groups excluding carboxylic acids is 2. The average Bonchev–Trinajstić information content (AvgIpc) is 2.48. The fraction of sp³-hybridized carbons (Fsp3) is 0.778. The highest BCUT2D eigenvalue weighted by molar-refractivity contribution is 7.99. The zero-order valence-corrected chi connectivity index (χ0v) is 9.02. The largest absolute Gasteiger partial charge is 0.330 e. The molecule has 2 amide bonds. The van der Waals surface area contributed by atoms with Crippen LogP contribution in [0.5, 0.6) is 0 Å². The minimum atomic E-state index is -0.0191. The number of hydrogen-bond donors (Lipinski definition) is 1. The molecule has 0 radical (unpaired) electrons. The summed E-state index contributed by atoms with van der Waals surface area (Å²) in [5.74, 6) is 1.80. The highest BCUT2D eigenvalue weighted by Crippen LogP contribution is 2.12. The molecule has 4 nitrogen and oxygen atoms in total. The van der Waals surface area contributed by atoms with Gasteiger partial charge in [-0.2, -0.15) is 11.8 Å². The number of imide groups is 1. The second-order valence-electron chi connectivity index (χ2n) is 3.19. The van der Waals surface area contributed by atoms with E-state index >= 15 is 0 Å². The molecular weight excluding hydrogens is 200 g/mol. The fourth-order valence-corrected chi connectivity index (χ4v) is 2.20. The quantitative estimate of drug-likeness (QED) is 0.509. The van der Waals surface area contributed by atoms with Crippen LogP contribution in [0, 0.1) is 0 Å². The molecule has 0 saturated carbocycles. The molecule has 14 heavy (non-hydrogen) atoms. The zero-order chi connectivity index (χ0) is 10.4. The number of rotatable bonds is 6. The summed E-state index contributed by atoms with van der Waals surface area (Å²) in [6.45, 7) is 1.27. The summed E-state index contributed by atoms with van der Waals surface area (Å²) >= 11 is 1.74. The predicted molar refractivity (Wildman–Crippen MR) is 57.0 cm³/mol. The monoisotopic (exact) mass is 216 g/mol. The molecule has 1 saturated heterocycles. The Balaban J connectivity index is 2.11. The standard InChI is InChI=1S/C9H16N2O2S/c10-4-1-6-14-7-5-11-8(12)2-3-9(11)13/h1-7,10H2. The molecule has 0 unspecified atom stereocenters. The van der Waals surface area contributed by atoms with E-state index in [9.17, 15) is 9.59 Å². The van der Waals surface area contributed by atoms with Gasteiger partial charge in [0.25, 0.3) is 0 Å². The van der Waals surface area contributed by atoms with Gasteiger partial charge in [0.1, 0.15) is 0 Å². The summed E-state index contributed by atoms with van der Waals surface area (Å²) in [5.41, 5.74) is 5.35. The Hall–Kier alpha value is -0.550. The molecule has 0 aromatic heterocycles. The van der Waals surface area contributed by atoms with Gasteiger partial charge in [0.15, 0.2) is 0 Å². The third-order valence-corrected chi connectivity index (χ3v) is 3.16. The molecule has 80 valence electrons. The van der Waals surface area contributed by atoms with Crippen molar-refractivity contribution in [3.8, 4) is 0 Å². The van der Waals surface area contributed by atoms with E-state index in [1.807, 2.05) is 0 Å². The van der Waals surface area contributed by atoms with Crippen molar-refractivity contribution in [1.82, 2.24) is 4.90 Å². The van der Waals surface area contributed by atoms with Gasteiger partial charge < -0.3 is 5.73 Å². The SMILES string of the molecule is NCCCSCCN1C(=O)CCC1=O. The van der Waals surface area contributed by atoms with E-state index in [1.54, 1.807) is 11.8 Å². The van der Waals surface area contributed by atoms with Crippen molar-refractivity contribution in [2.75, 3.05) is 24.6 Å². The van der Waals surface area contributed by atoms with E-state index in [-0.39, 0.29) is 11.8 Å². The first-order valence-corrected chi connectivity index (χ1v) is 6.02. The molecule has 1 fully saturated rings. The number of nitrogens with zero attached hydrogens (tertiary/aromatic N) is 1. The van der Waals surface area contributed by atoms with Crippen molar-refractivity contribution in [2.24, 2.45) is 5.73 Å². The second kappa shape index (κ2) is 6.03. The molecule has 0 bridgehead atoms. The summed E-state index contributed by atoms with van der Waals surface area (Å²) in [7, 11) is 0. The molecular formula is C9H16N2O2S. The lowest BCUT2D eigenvalue weighted by Crippen LogP contribution is -2.31. The van der Waals surface area contributed by atoms with Gasteiger partial charge in [-0.1, -0.05) is 0 Å². The van der Waals surface area contributed by atoms with Crippen LogP contribution in [0.15, 0.2) is 0 Å². The lowest BCUT2D eigenvalue weighted by Gasteiger charge is -2.12. The summed E-state index contributed by atoms with van der Waals surface area (Å²) < 4.78 is 0. The molecule has 5 heteroatoms. The van der Waals surface area contributed by atoms with E-state index < -0.39 is 0 Å². The number of nitrogens with two attached hydrogens (primary N) is 1. The van der Waals surface area contributed by atoms with Gasteiger partial charge >= 0.3 is 0 Å². The normalized spacial score (nSPS) is 16.8. The Morgan fingerprint density at radius 2 is 1.86 bits per heavy atom. The molecule has 1 aliphatic rings. The van der Waals surface area contributed by atoms with Gasteiger partial charge in [-0.25, -0.2) is 0 Å². The molecule has 2 N–H and O–H groups in total. The van der Waals surface area contributed by atoms with E-state index in [0.717, 1.165) is 17.9 Å². The number of amides is 2. The maximum atomic E-state index is 11.2. The van der Waals surface area contributed by atoms with Crippen LogP contribution in [0.3, 0.4) is 0 Å². The first-order valence-electron chi connectivity index (χ1n) is 4.86. The minimum Gasteiger partial charge on any atom is -0.330 e. The zero-order valence-electron chi connectivity index (χ0n) is 8.20. The van der Waals surface area contributed by atoms with Gasteiger partial charge in [0.05, 0.1) is 0 Å². The molecule has 0 aromatic rings. The van der Waals surface area contributed by atoms with E-state index in [0.29, 0.717) is 25.9 Å². The van der Waals surface area contributed by atoms with E-state index in [1.165, 1.54) is 4.90 Å². The maximum absolute atomic E-state index is 11.2. The summed E-state index contributed by atoms with van der Waals surface area (Å²) in [6, 6.07) is 0. The molecule has 1 heterocycles. The first-order chi connectivity index (χ1) is 6.75. The summed E-state index contributed by atoms with van der Waals surface area (Å²) in [6.07, 6.45) is 1.78. The Morgan fingerprint density at radius 1 is 1.21 bits per heavy atom. The lowest BCUT2D eigenvalue weighted by atomic mass is 10.4. The Kier molecular flexibility index (Phi) is 4.97. The number of carbonyl (C=O) groups is 2. The van der Waals surface area contributed by atoms with Crippen LogP contribution in [-0.2, 0) is 9.59 Å². The molecule has 0 aromatic carbocycles. The molecule has 0 aliphatic carbocycles. The van der Waals surface area contributed by atoms with Gasteiger partial charge in [0, 0.05) is 25.1 Å². The number of thioether (sulfide) groups is 1. The van der Waals surface area contributed by atoms with Crippen molar-refractivity contribution in [3.63, 3.8) is 0 Å². The first kappa shape index (κ1) is 11.5. The van der Waals surface area contributed by atoms with Gasteiger partial charge in [-0.05, 0) is 18.7 Å². The topological polar surface area (TPSA) is 63.4 Å². The van der Waals surface area contributed by atoms with E-state index in [4.69, 9.17) is 5.73 Å². The highest BCUT2D eigenvalue weighted by Gasteiger charge is 2.27. The third kappa shape index (κ3) is 3.31. The predicted octanol–water partition coefficient (Wildman–Crippen LogP) is 0.217. The van der Waals surface area contributed by atoms with Gasteiger partial charge in [0.2, 0.25) is 11.8 Å². The van der Waals surface area contributed by atoms with Crippen LogP contribution in [-0.4, -0.2) is 41.3 Å². The van der Waals surface area contributed by atoms with Crippen molar-refractivity contribution in [1.29, 1.82) is 0 Å². The second-order valence-corrected chi connectivity index (χ2v) is 4.42. The Morgan fingerprint density at radius 3 is 2.43 bits per heavy atom. The highest BCUT2D eigenvalue weighted by atomic mass is 32.2. The maximum Gasteiger partial charge on any atom is 0.229 e. The molecule has 0 atom stereocenters. The lowest BCUT2D eigenvalue weighted by molar-refractivity contribution is -0.137. The Labute approximate surface area is 88.2 Å². The van der Waals surface area contributed by atoms with Crippen LogP contribution in [0.1, 0.15) is 19.3 Å². The van der Waals surface area contributed by atoms with E-state index in [2.05, 4.69) is 0 Å². The minimum absolute atomic E-state index is 0.0191. The van der Waals surface area contributed by atoms with Crippen LogP contribution in [0.2, 0.25) is 0 Å². The summed E-state index contributed by atoms with van der Waals surface area (Å²) in [5, 5.41) is 0. The number of hydrogen-bond acceptors (Lipinski definition) is 4. The average molecular weight is 216 g/mol. The van der Waals surface area contributed by atoms with Gasteiger partial charge in [-0.15, -0.1) is 0 Å². The van der Waals surface area contributed by atoms with Crippen LogP contribution < -0.4 is 5.73 Å². The van der Waals surface area contributed by atoms with Crippen molar-refractivity contribution < 1.29 is 9.59 Å². The third-order valence-electron chi connectivity index (χ3n) is 2.11. The van der Waals surface area contributed by atoms with Crippen LogP contribution in [0.25, 0.3) is 0 Å². The fourth-order valence-electron chi connectivity index (χ4n) is 1.32. The molecule has 1 aliphatic heterocycles. The van der Waals surface area contributed by atoms with Gasteiger partial charge in [-0.3, -0.25) is 14.5 Å². The van der Waals surface area contributed by atoms with Crippen molar-refractivity contribution >= 4 is 23.6 Å². The molecule has 0 spiro atoms. The van der Waals surface area contributed by atoms with Crippen molar-refractivity contribution in [3.05, 3.63) is 0 Å². The van der Waals surface area contributed by atoms with Crippen LogP contribution in [0.4, 0.5) is 0 Å².